The Hall–Kier alpha value is -0.560. The molecular weight excluding hydrogens is 172 g/mol. The SMILES string of the molecule is C=C(C)C1CC=C(CCl)C(=O)C1. The molecule has 0 N–H and O–H groups in total. The zero-order valence-electron chi connectivity index (χ0n) is 7.27. The number of carbonyl (C=O) groups excluding carboxylic acids is 1. The summed E-state index contributed by atoms with van der Waals surface area (Å²) in [4.78, 5) is 11.3. The molecule has 0 aliphatic heterocycles. The van der Waals surface area contributed by atoms with Gasteiger partial charge in [-0.05, 0) is 19.3 Å². The number of allylic oxidation sites excluding steroid dienone is 3. The van der Waals surface area contributed by atoms with Crippen LogP contribution in [0.25, 0.3) is 0 Å². The van der Waals surface area contributed by atoms with Gasteiger partial charge >= 0.3 is 0 Å². The van der Waals surface area contributed by atoms with E-state index in [1.165, 1.54) is 0 Å². The second-order valence-corrected chi connectivity index (χ2v) is 3.54. The minimum Gasteiger partial charge on any atom is -0.294 e. The summed E-state index contributed by atoms with van der Waals surface area (Å²) in [5, 5.41) is 0. The lowest BCUT2D eigenvalue weighted by Gasteiger charge is -2.19. The first kappa shape index (κ1) is 9.53. The summed E-state index contributed by atoms with van der Waals surface area (Å²) in [7, 11) is 0. The number of carbonyl (C=O) groups is 1. The van der Waals surface area contributed by atoms with E-state index in [4.69, 9.17) is 11.6 Å². The number of hydrogen-bond donors (Lipinski definition) is 0. The van der Waals surface area contributed by atoms with E-state index in [2.05, 4.69) is 6.58 Å². The standard InChI is InChI=1S/C10H13ClO/c1-7(2)8-3-4-9(6-11)10(12)5-8/h4,8H,1,3,5-6H2,2H3. The maximum atomic E-state index is 11.3. The van der Waals surface area contributed by atoms with Gasteiger partial charge < -0.3 is 0 Å². The van der Waals surface area contributed by atoms with Crippen LogP contribution in [0.4, 0.5) is 0 Å². The second-order valence-electron chi connectivity index (χ2n) is 3.27. The van der Waals surface area contributed by atoms with Crippen molar-refractivity contribution in [1.82, 2.24) is 0 Å². The fourth-order valence-electron chi connectivity index (χ4n) is 1.34. The molecule has 1 nitrogen and oxygen atoms in total. The lowest BCUT2D eigenvalue weighted by molar-refractivity contribution is -0.116. The highest BCUT2D eigenvalue weighted by atomic mass is 35.5. The fourth-order valence-corrected chi connectivity index (χ4v) is 1.60. The summed E-state index contributed by atoms with van der Waals surface area (Å²) in [6, 6.07) is 0. The van der Waals surface area contributed by atoms with Crippen molar-refractivity contribution in [2.24, 2.45) is 5.92 Å². The molecule has 0 amide bonds. The largest absolute Gasteiger partial charge is 0.294 e. The van der Waals surface area contributed by atoms with Gasteiger partial charge in [0.05, 0.1) is 5.88 Å². The number of hydrogen-bond acceptors (Lipinski definition) is 1. The molecule has 0 aromatic heterocycles. The zero-order chi connectivity index (χ0) is 9.14. The van der Waals surface area contributed by atoms with Gasteiger partial charge in [-0.1, -0.05) is 18.2 Å². The summed E-state index contributed by atoms with van der Waals surface area (Å²) < 4.78 is 0. The molecule has 0 saturated heterocycles. The Morgan fingerprint density at radius 3 is 2.92 bits per heavy atom. The van der Waals surface area contributed by atoms with Crippen molar-refractivity contribution in [3.63, 3.8) is 0 Å². The zero-order valence-corrected chi connectivity index (χ0v) is 8.03. The minimum absolute atomic E-state index is 0.184. The van der Waals surface area contributed by atoms with Gasteiger partial charge in [-0.3, -0.25) is 4.79 Å². The first-order valence-electron chi connectivity index (χ1n) is 4.08. The molecule has 12 heavy (non-hydrogen) atoms. The molecule has 0 aromatic carbocycles. The molecule has 1 atom stereocenters. The highest BCUT2D eigenvalue weighted by molar-refractivity contribution is 6.23. The average molecular weight is 185 g/mol. The molecule has 0 spiro atoms. The predicted molar refractivity (Wildman–Crippen MR) is 51.3 cm³/mol. The van der Waals surface area contributed by atoms with E-state index in [9.17, 15) is 4.79 Å². The molecule has 1 aliphatic carbocycles. The first-order chi connectivity index (χ1) is 5.65. The van der Waals surface area contributed by atoms with Crippen molar-refractivity contribution in [1.29, 1.82) is 0 Å². The Morgan fingerprint density at radius 2 is 2.50 bits per heavy atom. The third-order valence-corrected chi connectivity index (χ3v) is 2.57. The quantitative estimate of drug-likeness (QED) is 0.477. The normalized spacial score (nSPS) is 23.7. The van der Waals surface area contributed by atoms with Crippen LogP contribution in [0.1, 0.15) is 19.8 Å². The number of alkyl halides is 1. The average Bonchev–Trinajstić information content (AvgIpc) is 2.04. The molecule has 0 heterocycles. The van der Waals surface area contributed by atoms with Crippen LogP contribution in [-0.2, 0) is 4.79 Å². The Labute approximate surface area is 78.1 Å². The summed E-state index contributed by atoms with van der Waals surface area (Å²) >= 11 is 5.59. The maximum absolute atomic E-state index is 11.3. The molecule has 0 radical (unpaired) electrons. The van der Waals surface area contributed by atoms with E-state index in [-0.39, 0.29) is 5.78 Å². The predicted octanol–water partition coefficient (Wildman–Crippen LogP) is 2.71. The van der Waals surface area contributed by atoms with E-state index in [0.717, 1.165) is 17.6 Å². The summed E-state index contributed by atoms with van der Waals surface area (Å²) in [6.45, 7) is 5.82. The molecule has 1 unspecified atom stereocenters. The van der Waals surface area contributed by atoms with Crippen molar-refractivity contribution in [2.75, 3.05) is 5.88 Å². The summed E-state index contributed by atoms with van der Waals surface area (Å²) in [5.74, 6) is 0.871. The van der Waals surface area contributed by atoms with E-state index in [1.54, 1.807) is 0 Å². The molecule has 0 saturated carbocycles. The van der Waals surface area contributed by atoms with Crippen molar-refractivity contribution >= 4 is 17.4 Å². The highest BCUT2D eigenvalue weighted by Crippen LogP contribution is 2.26. The highest BCUT2D eigenvalue weighted by Gasteiger charge is 2.21. The Morgan fingerprint density at radius 1 is 1.83 bits per heavy atom. The monoisotopic (exact) mass is 184 g/mol. The van der Waals surface area contributed by atoms with Gasteiger partial charge in [-0.25, -0.2) is 0 Å². The molecule has 0 aromatic rings. The molecule has 0 bridgehead atoms. The number of rotatable bonds is 2. The van der Waals surface area contributed by atoms with Crippen molar-refractivity contribution in [3.05, 3.63) is 23.8 Å². The van der Waals surface area contributed by atoms with Gasteiger partial charge in [0.2, 0.25) is 0 Å². The van der Waals surface area contributed by atoms with Gasteiger partial charge in [0, 0.05) is 12.0 Å². The molecule has 1 aliphatic rings. The van der Waals surface area contributed by atoms with Crippen LogP contribution in [-0.4, -0.2) is 11.7 Å². The first-order valence-corrected chi connectivity index (χ1v) is 4.62. The van der Waals surface area contributed by atoms with Crippen LogP contribution >= 0.6 is 11.6 Å². The van der Waals surface area contributed by atoms with Crippen LogP contribution in [0.2, 0.25) is 0 Å². The van der Waals surface area contributed by atoms with E-state index >= 15 is 0 Å². The molecule has 66 valence electrons. The number of Topliss-reactive ketones (excluding diaryl/α,β-unsaturated/α-hetero) is 1. The van der Waals surface area contributed by atoms with E-state index in [0.29, 0.717) is 18.2 Å². The third kappa shape index (κ3) is 1.98. The third-order valence-electron chi connectivity index (χ3n) is 2.28. The van der Waals surface area contributed by atoms with Crippen LogP contribution in [0, 0.1) is 5.92 Å². The van der Waals surface area contributed by atoms with Crippen LogP contribution in [0.15, 0.2) is 23.8 Å². The van der Waals surface area contributed by atoms with E-state index < -0.39 is 0 Å². The Kier molecular flexibility index (Phi) is 3.10. The smallest absolute Gasteiger partial charge is 0.160 e. The van der Waals surface area contributed by atoms with Crippen molar-refractivity contribution in [3.8, 4) is 0 Å². The Bertz CT molecular complexity index is 240. The van der Waals surface area contributed by atoms with E-state index in [1.807, 2.05) is 13.0 Å². The number of halogens is 1. The van der Waals surface area contributed by atoms with Gasteiger partial charge in [0.1, 0.15) is 0 Å². The summed E-state index contributed by atoms with van der Waals surface area (Å²) in [6.07, 6.45) is 3.45. The van der Waals surface area contributed by atoms with Crippen molar-refractivity contribution in [2.45, 2.75) is 19.8 Å². The summed E-state index contributed by atoms with van der Waals surface area (Å²) in [5.41, 5.74) is 1.86. The van der Waals surface area contributed by atoms with Crippen LogP contribution < -0.4 is 0 Å². The number of ketones is 1. The van der Waals surface area contributed by atoms with Crippen LogP contribution in [0.3, 0.4) is 0 Å². The van der Waals surface area contributed by atoms with Gasteiger partial charge in [0.15, 0.2) is 5.78 Å². The molecule has 0 fully saturated rings. The minimum atomic E-state index is 0.184. The topological polar surface area (TPSA) is 17.1 Å². The van der Waals surface area contributed by atoms with Gasteiger partial charge in [-0.15, -0.1) is 11.6 Å². The molecule has 1 rings (SSSR count). The molecule has 2 heteroatoms. The fraction of sp³-hybridized carbons (Fsp3) is 0.500. The molecular formula is C10H13ClO. The van der Waals surface area contributed by atoms with Crippen molar-refractivity contribution < 1.29 is 4.79 Å². The van der Waals surface area contributed by atoms with Gasteiger partial charge in [-0.2, -0.15) is 0 Å². The Balaban J connectivity index is 2.69. The second kappa shape index (κ2) is 3.90. The lowest BCUT2D eigenvalue weighted by atomic mass is 9.85. The van der Waals surface area contributed by atoms with Crippen LogP contribution in [0.5, 0.6) is 0 Å². The lowest BCUT2D eigenvalue weighted by Crippen LogP contribution is -2.16. The van der Waals surface area contributed by atoms with Gasteiger partial charge in [0.25, 0.3) is 0 Å². The maximum Gasteiger partial charge on any atom is 0.160 e.